The molecule has 3 nitrogen and oxygen atoms in total. The van der Waals surface area contributed by atoms with Crippen LogP contribution in [0.25, 0.3) is 11.3 Å². The van der Waals surface area contributed by atoms with E-state index in [-0.39, 0.29) is 0 Å². The van der Waals surface area contributed by atoms with Crippen molar-refractivity contribution in [1.82, 2.24) is 4.98 Å². The van der Waals surface area contributed by atoms with Crippen LogP contribution in [0.5, 0.6) is 0 Å². The van der Waals surface area contributed by atoms with Crippen LogP contribution in [0.15, 0.2) is 52.4 Å². The molecule has 3 aromatic rings. The van der Waals surface area contributed by atoms with Crippen molar-refractivity contribution in [3.05, 3.63) is 58.8 Å². The van der Waals surface area contributed by atoms with Gasteiger partial charge < -0.3 is 9.73 Å². The van der Waals surface area contributed by atoms with Crippen LogP contribution >= 0.6 is 22.9 Å². The Balaban J connectivity index is 1.72. The second-order valence-corrected chi connectivity index (χ2v) is 5.30. The molecular weight excluding hydrogens is 280 g/mol. The van der Waals surface area contributed by atoms with Crippen LogP contribution in [0.4, 0.5) is 5.13 Å². The lowest BCUT2D eigenvalue weighted by Gasteiger charge is -2.00. The van der Waals surface area contributed by atoms with Crippen molar-refractivity contribution in [3.8, 4) is 11.3 Å². The molecule has 0 fully saturated rings. The van der Waals surface area contributed by atoms with Gasteiger partial charge in [0.1, 0.15) is 11.5 Å². The average Bonchev–Trinajstić information content (AvgIpc) is 3.08. The maximum atomic E-state index is 5.97. The first-order valence-electron chi connectivity index (χ1n) is 5.79. The normalized spacial score (nSPS) is 10.6. The van der Waals surface area contributed by atoms with E-state index in [9.17, 15) is 0 Å². The van der Waals surface area contributed by atoms with Crippen LogP contribution in [0, 0.1) is 0 Å². The van der Waals surface area contributed by atoms with Crippen LogP contribution < -0.4 is 5.32 Å². The Hall–Kier alpha value is -1.78. The number of thiazole rings is 1. The van der Waals surface area contributed by atoms with Crippen LogP contribution in [0.1, 0.15) is 5.76 Å². The minimum absolute atomic E-state index is 0.619. The fraction of sp³-hybridized carbons (Fsp3) is 0.0714. The first-order chi connectivity index (χ1) is 9.31. The highest BCUT2D eigenvalue weighted by molar-refractivity contribution is 7.13. The summed E-state index contributed by atoms with van der Waals surface area (Å²) in [6.45, 7) is 0.619. The van der Waals surface area contributed by atoms with Crippen LogP contribution in [-0.2, 0) is 6.54 Å². The Morgan fingerprint density at radius 1 is 1.26 bits per heavy atom. The van der Waals surface area contributed by atoms with Gasteiger partial charge in [0, 0.05) is 22.2 Å². The van der Waals surface area contributed by atoms with E-state index in [1.54, 1.807) is 17.5 Å². The number of halogens is 1. The van der Waals surface area contributed by atoms with Gasteiger partial charge in [-0.1, -0.05) is 23.7 Å². The van der Waals surface area contributed by atoms with Gasteiger partial charge in [0.05, 0.1) is 6.54 Å². The lowest BCUT2D eigenvalue weighted by atomic mass is 10.2. The zero-order valence-corrected chi connectivity index (χ0v) is 11.5. The Morgan fingerprint density at radius 3 is 3.00 bits per heavy atom. The lowest BCUT2D eigenvalue weighted by molar-refractivity contribution is 0.531. The summed E-state index contributed by atoms with van der Waals surface area (Å²) in [4.78, 5) is 4.16. The lowest BCUT2D eigenvalue weighted by Crippen LogP contribution is -1.96. The SMILES string of the molecule is Clc1cccc(-c2ccc(CNc3nccs3)o2)c1. The number of nitrogens with zero attached hydrogens (tertiary/aromatic N) is 1. The average molecular weight is 291 g/mol. The standard InChI is InChI=1S/C14H11ClN2OS/c15-11-3-1-2-10(8-11)13-5-4-12(18-13)9-17-14-16-6-7-19-14/h1-8H,9H2,(H,16,17). The minimum atomic E-state index is 0.619. The molecular formula is C14H11ClN2OS. The van der Waals surface area contributed by atoms with Crippen LogP contribution in [-0.4, -0.2) is 4.98 Å². The molecule has 0 saturated heterocycles. The smallest absolute Gasteiger partial charge is 0.182 e. The molecule has 3 rings (SSSR count). The first-order valence-corrected chi connectivity index (χ1v) is 7.05. The second-order valence-electron chi connectivity index (χ2n) is 3.97. The maximum absolute atomic E-state index is 5.97. The molecule has 0 aliphatic heterocycles. The van der Waals surface area contributed by atoms with Gasteiger partial charge in [0.25, 0.3) is 0 Å². The van der Waals surface area contributed by atoms with Crippen molar-refractivity contribution in [2.45, 2.75) is 6.54 Å². The molecule has 2 aromatic heterocycles. The third-order valence-electron chi connectivity index (χ3n) is 2.62. The van der Waals surface area contributed by atoms with Gasteiger partial charge in [-0.3, -0.25) is 0 Å². The fourth-order valence-electron chi connectivity index (χ4n) is 1.74. The number of hydrogen-bond acceptors (Lipinski definition) is 4. The molecule has 5 heteroatoms. The predicted molar refractivity (Wildman–Crippen MR) is 78.6 cm³/mol. The highest BCUT2D eigenvalue weighted by Crippen LogP contribution is 2.25. The van der Waals surface area contributed by atoms with Crippen LogP contribution in [0.3, 0.4) is 0 Å². The summed E-state index contributed by atoms with van der Waals surface area (Å²) in [6, 6.07) is 11.5. The van der Waals surface area contributed by atoms with E-state index in [0.717, 1.165) is 22.2 Å². The zero-order chi connectivity index (χ0) is 13.1. The number of nitrogens with one attached hydrogen (secondary N) is 1. The fourth-order valence-corrected chi connectivity index (χ4v) is 2.46. The molecule has 0 atom stereocenters. The Labute approximate surface area is 119 Å². The molecule has 0 aliphatic rings. The highest BCUT2D eigenvalue weighted by Gasteiger charge is 2.05. The summed E-state index contributed by atoms with van der Waals surface area (Å²) in [7, 11) is 0. The first kappa shape index (κ1) is 12.3. The molecule has 1 aromatic carbocycles. The van der Waals surface area contributed by atoms with E-state index >= 15 is 0 Å². The molecule has 1 N–H and O–H groups in total. The predicted octanol–water partition coefficient (Wildman–Crippen LogP) is 4.67. The maximum Gasteiger partial charge on any atom is 0.182 e. The van der Waals surface area contributed by atoms with Crippen molar-refractivity contribution in [2.24, 2.45) is 0 Å². The Bertz CT molecular complexity index is 664. The topological polar surface area (TPSA) is 38.1 Å². The van der Waals surface area contributed by atoms with Gasteiger partial charge in [0.15, 0.2) is 5.13 Å². The quantitative estimate of drug-likeness (QED) is 0.759. The molecule has 0 amide bonds. The molecule has 2 heterocycles. The van der Waals surface area contributed by atoms with Crippen molar-refractivity contribution in [1.29, 1.82) is 0 Å². The van der Waals surface area contributed by atoms with E-state index < -0.39 is 0 Å². The molecule has 0 radical (unpaired) electrons. The summed E-state index contributed by atoms with van der Waals surface area (Å²) in [5.74, 6) is 1.68. The van der Waals surface area contributed by atoms with Gasteiger partial charge in [0.2, 0.25) is 0 Å². The summed E-state index contributed by atoms with van der Waals surface area (Å²) in [5, 5.41) is 6.73. The zero-order valence-electron chi connectivity index (χ0n) is 9.97. The number of furan rings is 1. The molecule has 0 saturated carbocycles. The summed E-state index contributed by atoms with van der Waals surface area (Å²) in [5.41, 5.74) is 0.980. The van der Waals surface area contributed by atoms with Crippen LogP contribution in [0.2, 0.25) is 5.02 Å². The van der Waals surface area contributed by atoms with Crippen molar-refractivity contribution >= 4 is 28.1 Å². The second kappa shape index (κ2) is 5.47. The summed E-state index contributed by atoms with van der Waals surface area (Å²) < 4.78 is 5.78. The van der Waals surface area contributed by atoms with E-state index in [1.165, 1.54) is 0 Å². The van der Waals surface area contributed by atoms with E-state index in [0.29, 0.717) is 11.6 Å². The Morgan fingerprint density at radius 2 is 2.21 bits per heavy atom. The van der Waals surface area contributed by atoms with Crippen molar-refractivity contribution in [3.63, 3.8) is 0 Å². The third-order valence-corrected chi connectivity index (χ3v) is 3.58. The van der Waals surface area contributed by atoms with Crippen molar-refractivity contribution < 1.29 is 4.42 Å². The molecule has 96 valence electrons. The highest BCUT2D eigenvalue weighted by atomic mass is 35.5. The monoisotopic (exact) mass is 290 g/mol. The summed E-state index contributed by atoms with van der Waals surface area (Å²) in [6.07, 6.45) is 1.77. The largest absolute Gasteiger partial charge is 0.459 e. The van der Waals surface area contributed by atoms with Gasteiger partial charge in [-0.25, -0.2) is 4.98 Å². The van der Waals surface area contributed by atoms with Crippen molar-refractivity contribution in [2.75, 3.05) is 5.32 Å². The van der Waals surface area contributed by atoms with E-state index in [4.69, 9.17) is 16.0 Å². The minimum Gasteiger partial charge on any atom is -0.459 e. The third kappa shape index (κ3) is 2.97. The van der Waals surface area contributed by atoms with Gasteiger partial charge in [-0.05, 0) is 24.3 Å². The van der Waals surface area contributed by atoms with Gasteiger partial charge in [-0.2, -0.15) is 0 Å². The number of benzene rings is 1. The van der Waals surface area contributed by atoms with Gasteiger partial charge in [-0.15, -0.1) is 11.3 Å². The molecule has 0 spiro atoms. The number of rotatable bonds is 4. The number of aromatic nitrogens is 1. The summed E-state index contributed by atoms with van der Waals surface area (Å²) >= 11 is 7.54. The molecule has 19 heavy (non-hydrogen) atoms. The Kier molecular flexibility index (Phi) is 3.53. The van der Waals surface area contributed by atoms with E-state index in [1.807, 2.05) is 41.8 Å². The van der Waals surface area contributed by atoms with Gasteiger partial charge >= 0.3 is 0 Å². The molecule has 0 unspecified atom stereocenters. The number of hydrogen-bond donors (Lipinski definition) is 1. The number of anilines is 1. The molecule has 0 aliphatic carbocycles. The molecule has 0 bridgehead atoms. The van der Waals surface area contributed by atoms with E-state index in [2.05, 4.69) is 10.3 Å².